The number of nitrogens with one attached hydrogen (secondary N) is 1. The van der Waals surface area contributed by atoms with Crippen LogP contribution < -0.4 is 0 Å². The monoisotopic (exact) mass is 234 g/mol. The molecule has 0 aromatic carbocycles. The number of fused-ring (bicyclic) bond motifs is 1. The summed E-state index contributed by atoms with van der Waals surface area (Å²) in [5.41, 5.74) is -0.230. The molecule has 2 rings (SSSR count). The maximum atomic E-state index is 13.1. The molecular weight excluding hydrogens is 230 g/mol. The van der Waals surface area contributed by atoms with Crippen LogP contribution in [0.3, 0.4) is 0 Å². The molecule has 0 saturated heterocycles. The van der Waals surface area contributed by atoms with E-state index in [-0.39, 0.29) is 20.0 Å². The number of H-pyrrole nitrogens is 1. The molecule has 0 saturated carbocycles. The first-order valence-electron chi connectivity index (χ1n) is 3.04. The first kappa shape index (κ1) is 7.52. The minimum absolute atomic E-state index is 0.0517. The number of carboxylic acids is 1. The SMILES string of the molecule is O=C(O)c1[nH]c2[se]cnc2c1F. The van der Waals surface area contributed by atoms with E-state index in [4.69, 9.17) is 5.11 Å². The van der Waals surface area contributed by atoms with Crippen LogP contribution in [0.1, 0.15) is 10.5 Å². The van der Waals surface area contributed by atoms with Crippen molar-refractivity contribution in [3.63, 3.8) is 0 Å². The summed E-state index contributed by atoms with van der Waals surface area (Å²) in [4.78, 5) is 16.6. The van der Waals surface area contributed by atoms with Crippen molar-refractivity contribution in [2.75, 3.05) is 0 Å². The molecule has 12 heavy (non-hydrogen) atoms. The number of aromatic carboxylic acids is 1. The number of hydrogen-bond donors (Lipinski definition) is 2. The van der Waals surface area contributed by atoms with Crippen LogP contribution in [-0.4, -0.2) is 35.5 Å². The van der Waals surface area contributed by atoms with Crippen molar-refractivity contribution in [1.29, 1.82) is 0 Å². The molecule has 2 aromatic heterocycles. The Morgan fingerprint density at radius 2 is 2.50 bits per heavy atom. The third-order valence-electron chi connectivity index (χ3n) is 1.45. The fourth-order valence-electron chi connectivity index (χ4n) is 0.925. The Bertz CT molecular complexity index is 447. The number of hydrogen-bond acceptors (Lipinski definition) is 2. The molecule has 2 N–H and O–H groups in total. The number of nitrogens with zero attached hydrogens (tertiary/aromatic N) is 1. The van der Waals surface area contributed by atoms with Gasteiger partial charge in [0.25, 0.3) is 0 Å². The zero-order valence-electron chi connectivity index (χ0n) is 5.67. The summed E-state index contributed by atoms with van der Waals surface area (Å²) < 4.78 is 13.7. The van der Waals surface area contributed by atoms with Gasteiger partial charge in [-0.25, -0.2) is 0 Å². The first-order valence-corrected chi connectivity index (χ1v) is 4.88. The molecule has 0 unspecified atom stereocenters. The Kier molecular flexibility index (Phi) is 1.52. The average molecular weight is 233 g/mol. The van der Waals surface area contributed by atoms with Gasteiger partial charge in [-0.2, -0.15) is 0 Å². The van der Waals surface area contributed by atoms with Crippen LogP contribution >= 0.6 is 0 Å². The van der Waals surface area contributed by atoms with Gasteiger partial charge in [-0.05, 0) is 0 Å². The molecule has 0 spiro atoms. The number of halogens is 1. The molecule has 4 nitrogen and oxygen atoms in total. The molecule has 2 heterocycles. The molecule has 2 aromatic rings. The molecule has 0 aliphatic heterocycles. The van der Waals surface area contributed by atoms with Crippen molar-refractivity contribution in [2.24, 2.45) is 0 Å². The fourth-order valence-corrected chi connectivity index (χ4v) is 2.35. The second kappa shape index (κ2) is 2.43. The Balaban J connectivity index is 2.78. The van der Waals surface area contributed by atoms with E-state index < -0.39 is 17.5 Å². The van der Waals surface area contributed by atoms with Crippen molar-refractivity contribution in [1.82, 2.24) is 9.97 Å². The quantitative estimate of drug-likeness (QED) is 0.703. The van der Waals surface area contributed by atoms with E-state index in [1.165, 1.54) is 0 Å². The summed E-state index contributed by atoms with van der Waals surface area (Å²) in [5.74, 6) is -2.04. The van der Waals surface area contributed by atoms with Crippen molar-refractivity contribution in [3.05, 3.63) is 16.6 Å². The van der Waals surface area contributed by atoms with Crippen LogP contribution in [0.4, 0.5) is 4.39 Å². The molecule has 62 valence electrons. The standard InChI is InChI=1S/C6H3FN2O2Se/c7-2-3-5(12-1-8-3)9-4(2)6(10)11/h1,9H,(H,10,11). The fraction of sp³-hybridized carbons (Fsp3) is 0. The van der Waals surface area contributed by atoms with Crippen LogP contribution in [0.25, 0.3) is 9.91 Å². The summed E-state index contributed by atoms with van der Waals surface area (Å²) in [5, 5.41) is 10.1. The van der Waals surface area contributed by atoms with E-state index in [0.717, 1.165) is 0 Å². The van der Waals surface area contributed by atoms with Gasteiger partial charge in [0.15, 0.2) is 0 Å². The molecule has 0 amide bonds. The Morgan fingerprint density at radius 3 is 3.08 bits per heavy atom. The number of carboxylic acid groups (broad SMARTS) is 1. The van der Waals surface area contributed by atoms with Crippen LogP contribution in [-0.2, 0) is 0 Å². The van der Waals surface area contributed by atoms with Crippen LogP contribution in [0.5, 0.6) is 0 Å². The van der Waals surface area contributed by atoms with Gasteiger partial charge in [-0.3, -0.25) is 0 Å². The second-order valence-corrected chi connectivity index (χ2v) is 3.94. The molecule has 6 heteroatoms. The van der Waals surface area contributed by atoms with Crippen LogP contribution in [0.15, 0.2) is 5.07 Å². The van der Waals surface area contributed by atoms with Crippen molar-refractivity contribution >= 4 is 30.4 Å². The van der Waals surface area contributed by atoms with Crippen molar-refractivity contribution < 1.29 is 14.3 Å². The second-order valence-electron chi connectivity index (χ2n) is 2.15. The summed E-state index contributed by atoms with van der Waals surface area (Å²) >= 11 is -0.0517. The molecule has 0 fully saturated rings. The number of carbonyl (C=O) groups is 1. The van der Waals surface area contributed by atoms with E-state index in [0.29, 0.717) is 4.39 Å². The summed E-state index contributed by atoms with van der Waals surface area (Å²) in [7, 11) is 0. The van der Waals surface area contributed by atoms with Crippen LogP contribution in [0, 0.1) is 5.82 Å². The van der Waals surface area contributed by atoms with Crippen molar-refractivity contribution in [3.8, 4) is 0 Å². The predicted molar refractivity (Wildman–Crippen MR) is 40.0 cm³/mol. The number of aromatic nitrogens is 2. The number of aromatic amines is 1. The Labute approximate surface area is 71.8 Å². The Hall–Kier alpha value is -1.13. The topological polar surface area (TPSA) is 66.0 Å². The average Bonchev–Trinajstić information content (AvgIpc) is 2.53. The van der Waals surface area contributed by atoms with Gasteiger partial charge in [0.1, 0.15) is 0 Å². The van der Waals surface area contributed by atoms with Gasteiger partial charge in [0, 0.05) is 0 Å². The summed E-state index contributed by atoms with van der Waals surface area (Å²) in [6, 6.07) is 0. The van der Waals surface area contributed by atoms with Gasteiger partial charge in [0.05, 0.1) is 0 Å². The van der Waals surface area contributed by atoms with E-state index in [9.17, 15) is 9.18 Å². The first-order chi connectivity index (χ1) is 5.70. The molecule has 0 aliphatic carbocycles. The van der Waals surface area contributed by atoms with E-state index in [1.54, 1.807) is 5.07 Å². The summed E-state index contributed by atoms with van der Waals surface area (Å²) in [6.45, 7) is 0. The Morgan fingerprint density at radius 1 is 1.75 bits per heavy atom. The van der Waals surface area contributed by atoms with Gasteiger partial charge in [0.2, 0.25) is 0 Å². The molecule has 0 bridgehead atoms. The van der Waals surface area contributed by atoms with Gasteiger partial charge >= 0.3 is 71.2 Å². The number of rotatable bonds is 1. The summed E-state index contributed by atoms with van der Waals surface area (Å²) in [6.07, 6.45) is 0. The third-order valence-corrected chi connectivity index (χ3v) is 3.00. The van der Waals surface area contributed by atoms with E-state index in [1.807, 2.05) is 0 Å². The van der Waals surface area contributed by atoms with E-state index in [2.05, 4.69) is 9.97 Å². The molecular formula is C6H3FN2O2Se. The predicted octanol–water partition coefficient (Wildman–Crippen LogP) is 0.457. The zero-order chi connectivity index (χ0) is 8.72. The van der Waals surface area contributed by atoms with Gasteiger partial charge in [-0.15, -0.1) is 0 Å². The van der Waals surface area contributed by atoms with Gasteiger partial charge in [-0.1, -0.05) is 0 Å². The minimum atomic E-state index is -1.28. The van der Waals surface area contributed by atoms with Gasteiger partial charge < -0.3 is 0 Å². The zero-order valence-corrected chi connectivity index (χ0v) is 7.38. The third kappa shape index (κ3) is 0.888. The normalized spacial score (nSPS) is 10.8. The van der Waals surface area contributed by atoms with E-state index >= 15 is 0 Å². The van der Waals surface area contributed by atoms with Crippen molar-refractivity contribution in [2.45, 2.75) is 0 Å². The molecule has 0 atom stereocenters. The molecule has 0 radical (unpaired) electrons. The molecule has 0 aliphatic rings. The maximum absolute atomic E-state index is 13.1. The van der Waals surface area contributed by atoms with Crippen LogP contribution in [0.2, 0.25) is 0 Å².